The van der Waals surface area contributed by atoms with Crippen molar-refractivity contribution in [1.29, 1.82) is 0 Å². The van der Waals surface area contributed by atoms with Crippen LogP contribution in [0.25, 0.3) is 0 Å². The van der Waals surface area contributed by atoms with Crippen molar-refractivity contribution in [1.82, 2.24) is 10.3 Å². The molecule has 5 N–H and O–H groups in total. The van der Waals surface area contributed by atoms with E-state index in [9.17, 15) is 4.79 Å². The van der Waals surface area contributed by atoms with Crippen LogP contribution in [0, 0.1) is 6.92 Å². The maximum Gasteiger partial charge on any atom is 0.404 e. The molecule has 0 aliphatic rings. The van der Waals surface area contributed by atoms with E-state index in [0.29, 0.717) is 24.3 Å². The summed E-state index contributed by atoms with van der Waals surface area (Å²) in [6, 6.07) is 9.49. The van der Waals surface area contributed by atoms with E-state index in [0.717, 1.165) is 16.9 Å². The van der Waals surface area contributed by atoms with E-state index in [2.05, 4.69) is 15.6 Å². The zero-order valence-electron chi connectivity index (χ0n) is 12.1. The highest BCUT2D eigenvalue weighted by Gasteiger charge is 2.07. The molecule has 2 rings (SSSR count). The van der Waals surface area contributed by atoms with Crippen molar-refractivity contribution in [2.45, 2.75) is 13.3 Å². The van der Waals surface area contributed by atoms with E-state index in [1.54, 1.807) is 0 Å². The summed E-state index contributed by atoms with van der Waals surface area (Å²) in [6.07, 6.45) is -0.381. The molecule has 1 heterocycles. The van der Waals surface area contributed by atoms with E-state index in [-0.39, 0.29) is 5.15 Å². The van der Waals surface area contributed by atoms with Crippen LogP contribution in [0.15, 0.2) is 30.3 Å². The molecule has 1 aromatic carbocycles. The van der Waals surface area contributed by atoms with E-state index in [4.69, 9.17) is 22.4 Å². The van der Waals surface area contributed by atoms with Gasteiger partial charge >= 0.3 is 6.09 Å². The van der Waals surface area contributed by atoms with Crippen molar-refractivity contribution >= 4 is 34.8 Å². The van der Waals surface area contributed by atoms with Gasteiger partial charge in [0.2, 0.25) is 0 Å². The van der Waals surface area contributed by atoms with Crippen molar-refractivity contribution < 1.29 is 9.90 Å². The molecule has 0 spiro atoms. The second-order valence-electron chi connectivity index (χ2n) is 4.82. The molecule has 0 saturated heterocycles. The van der Waals surface area contributed by atoms with Gasteiger partial charge in [0.05, 0.1) is 11.4 Å². The van der Waals surface area contributed by atoms with Crippen LogP contribution in [0.5, 0.6) is 0 Å². The Morgan fingerprint density at radius 2 is 2.05 bits per heavy atom. The van der Waals surface area contributed by atoms with Crippen LogP contribution in [0.3, 0.4) is 0 Å². The molecular formula is C15H17ClN4O2. The number of aryl methyl sites for hydroxylation is 1. The van der Waals surface area contributed by atoms with Crippen LogP contribution in [0.4, 0.5) is 21.9 Å². The lowest BCUT2D eigenvalue weighted by Gasteiger charge is -2.11. The second kappa shape index (κ2) is 7.00. The molecule has 0 aliphatic heterocycles. The number of hydrogen-bond donors (Lipinski definition) is 4. The van der Waals surface area contributed by atoms with Gasteiger partial charge in [-0.3, -0.25) is 0 Å². The van der Waals surface area contributed by atoms with E-state index in [1.807, 2.05) is 37.3 Å². The topological polar surface area (TPSA) is 100 Å². The standard InChI is InChI=1S/C15H17ClN4O2/c1-9-8-12(13(17)14(16)19-9)20-11-4-2-10(3-5-11)6-7-18-15(21)22/h2-5,8,18H,6-7,17H2,1H3,(H,19,20)(H,21,22). The zero-order chi connectivity index (χ0) is 16.1. The SMILES string of the molecule is Cc1cc(Nc2ccc(CCNC(=O)O)cc2)c(N)c(Cl)n1. The smallest absolute Gasteiger partial charge is 0.404 e. The Morgan fingerprint density at radius 3 is 2.68 bits per heavy atom. The Hall–Kier alpha value is -2.47. The third kappa shape index (κ3) is 4.26. The average Bonchev–Trinajstić information content (AvgIpc) is 2.45. The summed E-state index contributed by atoms with van der Waals surface area (Å²) >= 11 is 5.96. The molecule has 1 amide bonds. The van der Waals surface area contributed by atoms with Crippen molar-refractivity contribution in [2.75, 3.05) is 17.6 Å². The van der Waals surface area contributed by atoms with Gasteiger partial charge in [0.15, 0.2) is 5.15 Å². The Balaban J connectivity index is 2.04. The number of aromatic nitrogens is 1. The van der Waals surface area contributed by atoms with E-state index in [1.165, 1.54) is 0 Å². The summed E-state index contributed by atoms with van der Waals surface area (Å²) in [6.45, 7) is 2.23. The fourth-order valence-corrected chi connectivity index (χ4v) is 2.21. The second-order valence-corrected chi connectivity index (χ2v) is 5.18. The number of nitrogen functional groups attached to an aromatic ring is 1. The molecule has 0 atom stereocenters. The molecule has 22 heavy (non-hydrogen) atoms. The van der Waals surface area contributed by atoms with Gasteiger partial charge in [0.1, 0.15) is 0 Å². The molecule has 116 valence electrons. The number of nitrogens with zero attached hydrogens (tertiary/aromatic N) is 1. The quantitative estimate of drug-likeness (QED) is 0.634. The Labute approximate surface area is 133 Å². The number of benzene rings is 1. The number of anilines is 3. The Kier molecular flexibility index (Phi) is 5.06. The summed E-state index contributed by atoms with van der Waals surface area (Å²) in [4.78, 5) is 14.5. The van der Waals surface area contributed by atoms with E-state index < -0.39 is 6.09 Å². The fourth-order valence-electron chi connectivity index (χ4n) is 1.97. The molecule has 0 bridgehead atoms. The van der Waals surface area contributed by atoms with Crippen molar-refractivity contribution in [3.63, 3.8) is 0 Å². The highest BCUT2D eigenvalue weighted by Crippen LogP contribution is 2.29. The number of pyridine rings is 1. The summed E-state index contributed by atoms with van der Waals surface area (Å²) < 4.78 is 0. The highest BCUT2D eigenvalue weighted by atomic mass is 35.5. The number of halogens is 1. The molecule has 0 fully saturated rings. The molecule has 0 aliphatic carbocycles. The number of rotatable bonds is 5. The predicted octanol–water partition coefficient (Wildman–Crippen LogP) is 3.18. The first-order chi connectivity index (χ1) is 10.5. The third-order valence-corrected chi connectivity index (χ3v) is 3.35. The first-order valence-electron chi connectivity index (χ1n) is 6.71. The van der Waals surface area contributed by atoms with Gasteiger partial charge in [-0.1, -0.05) is 23.7 Å². The minimum atomic E-state index is -1.02. The van der Waals surface area contributed by atoms with Crippen molar-refractivity contribution in [3.05, 3.63) is 46.7 Å². The minimum absolute atomic E-state index is 0.277. The molecule has 0 unspecified atom stereocenters. The number of carbonyl (C=O) groups is 1. The minimum Gasteiger partial charge on any atom is -0.465 e. The van der Waals surface area contributed by atoms with Crippen LogP contribution in [-0.2, 0) is 6.42 Å². The summed E-state index contributed by atoms with van der Waals surface area (Å²) in [7, 11) is 0. The number of amides is 1. The Morgan fingerprint density at radius 1 is 1.36 bits per heavy atom. The van der Waals surface area contributed by atoms with Gasteiger partial charge in [-0.15, -0.1) is 0 Å². The fraction of sp³-hybridized carbons (Fsp3) is 0.200. The molecule has 0 radical (unpaired) electrons. The van der Waals surface area contributed by atoms with E-state index >= 15 is 0 Å². The lowest BCUT2D eigenvalue weighted by molar-refractivity contribution is 0.194. The number of carboxylic acid groups (broad SMARTS) is 1. The van der Waals surface area contributed by atoms with Crippen LogP contribution < -0.4 is 16.4 Å². The highest BCUT2D eigenvalue weighted by molar-refractivity contribution is 6.32. The Bertz CT molecular complexity index is 674. The van der Waals surface area contributed by atoms with Gasteiger partial charge in [-0.25, -0.2) is 9.78 Å². The maximum atomic E-state index is 10.4. The van der Waals surface area contributed by atoms with Gasteiger partial charge in [-0.2, -0.15) is 0 Å². The number of nitrogens with two attached hydrogens (primary N) is 1. The van der Waals surface area contributed by atoms with Gasteiger partial charge in [0.25, 0.3) is 0 Å². The monoisotopic (exact) mass is 320 g/mol. The zero-order valence-corrected chi connectivity index (χ0v) is 12.8. The van der Waals surface area contributed by atoms with Crippen LogP contribution in [0.1, 0.15) is 11.3 Å². The molecule has 0 saturated carbocycles. The van der Waals surface area contributed by atoms with Gasteiger partial charge in [0, 0.05) is 17.9 Å². The largest absolute Gasteiger partial charge is 0.465 e. The first kappa shape index (κ1) is 15.9. The summed E-state index contributed by atoms with van der Waals surface area (Å²) in [5.74, 6) is 0. The van der Waals surface area contributed by atoms with Crippen LogP contribution >= 0.6 is 11.6 Å². The van der Waals surface area contributed by atoms with Gasteiger partial charge in [-0.05, 0) is 37.1 Å². The predicted molar refractivity (Wildman–Crippen MR) is 87.9 cm³/mol. The number of nitrogens with one attached hydrogen (secondary N) is 2. The van der Waals surface area contributed by atoms with Crippen LogP contribution in [0.2, 0.25) is 5.15 Å². The first-order valence-corrected chi connectivity index (χ1v) is 7.09. The maximum absolute atomic E-state index is 10.4. The van der Waals surface area contributed by atoms with Crippen molar-refractivity contribution in [2.24, 2.45) is 0 Å². The molecule has 1 aromatic heterocycles. The third-order valence-electron chi connectivity index (χ3n) is 3.06. The summed E-state index contributed by atoms with van der Waals surface area (Å²) in [5.41, 5.74) is 9.69. The lowest BCUT2D eigenvalue weighted by atomic mass is 10.1. The summed E-state index contributed by atoms with van der Waals surface area (Å²) in [5, 5.41) is 14.3. The normalized spacial score (nSPS) is 10.3. The molecule has 6 nitrogen and oxygen atoms in total. The molecule has 7 heteroatoms. The lowest BCUT2D eigenvalue weighted by Crippen LogP contribution is -2.23. The average molecular weight is 321 g/mol. The van der Waals surface area contributed by atoms with Gasteiger partial charge < -0.3 is 21.5 Å². The van der Waals surface area contributed by atoms with Crippen molar-refractivity contribution in [3.8, 4) is 0 Å². The van der Waals surface area contributed by atoms with Crippen LogP contribution in [-0.4, -0.2) is 22.7 Å². The molecule has 2 aromatic rings. The molecular weight excluding hydrogens is 304 g/mol. The number of hydrogen-bond acceptors (Lipinski definition) is 4.